The lowest BCUT2D eigenvalue weighted by molar-refractivity contribution is -0.218. The van der Waals surface area contributed by atoms with E-state index in [-0.39, 0.29) is 0 Å². The second kappa shape index (κ2) is 19.7. The van der Waals surface area contributed by atoms with E-state index in [1.807, 2.05) is 84.9 Å². The van der Waals surface area contributed by atoms with Crippen molar-refractivity contribution >= 4 is 15.9 Å². The maximum Gasteiger partial charge on any atom is 0.163 e. The Morgan fingerprint density at radius 3 is 1.57 bits per heavy atom. The molecule has 6 aromatic carbocycles. The highest BCUT2D eigenvalue weighted by molar-refractivity contribution is 9.10. The first kappa shape index (κ1) is 39.3. The summed E-state index contributed by atoms with van der Waals surface area (Å²) in [4.78, 5) is 0. The van der Waals surface area contributed by atoms with E-state index >= 15 is 0 Å². The fourth-order valence-corrected chi connectivity index (χ4v) is 7.64. The van der Waals surface area contributed by atoms with E-state index in [9.17, 15) is 0 Å². The van der Waals surface area contributed by atoms with Gasteiger partial charge in [-0.1, -0.05) is 175 Å². The molecule has 1 saturated heterocycles. The average Bonchev–Trinajstić information content (AvgIpc) is 3.24. The average molecular weight is 810 g/mol. The number of hydrogen-bond acceptors (Lipinski definition) is 5. The zero-order valence-electron chi connectivity index (χ0n) is 32.1. The summed E-state index contributed by atoms with van der Waals surface area (Å²) in [5.74, 6) is 0.554. The molecule has 5 nitrogen and oxygen atoms in total. The van der Waals surface area contributed by atoms with E-state index in [1.54, 1.807) is 6.26 Å². The van der Waals surface area contributed by atoms with Gasteiger partial charge < -0.3 is 23.7 Å². The molecule has 0 amide bonds. The van der Waals surface area contributed by atoms with Crippen LogP contribution in [0.25, 0.3) is 0 Å². The largest absolute Gasteiger partial charge is 0.493 e. The molecule has 286 valence electrons. The molecule has 6 heteroatoms. The molecule has 0 bridgehead atoms. The van der Waals surface area contributed by atoms with Crippen LogP contribution in [-0.2, 0) is 63.0 Å². The summed E-state index contributed by atoms with van der Waals surface area (Å²) in [5.41, 5.74) is 10.1. The van der Waals surface area contributed by atoms with E-state index in [0.717, 1.165) is 56.3 Å². The zero-order chi connectivity index (χ0) is 38.5. The Balaban J connectivity index is 1.30. The van der Waals surface area contributed by atoms with Gasteiger partial charge in [-0.05, 0) is 75.9 Å². The zero-order valence-corrected chi connectivity index (χ0v) is 33.6. The molecule has 1 aliphatic rings. The molecule has 0 N–H and O–H groups in total. The van der Waals surface area contributed by atoms with Crippen molar-refractivity contribution < 1.29 is 23.7 Å². The summed E-state index contributed by atoms with van der Waals surface area (Å²) in [6, 6.07) is 54.1. The first-order valence-corrected chi connectivity index (χ1v) is 20.2. The summed E-state index contributed by atoms with van der Waals surface area (Å²) in [6.07, 6.45) is 1.18. The quantitative estimate of drug-likeness (QED) is 0.0912. The van der Waals surface area contributed by atoms with Crippen LogP contribution in [0.1, 0.15) is 63.1 Å². The Bertz CT molecular complexity index is 2120. The van der Waals surface area contributed by atoms with Crippen LogP contribution in [0.2, 0.25) is 0 Å². The van der Waals surface area contributed by atoms with E-state index in [0.29, 0.717) is 32.2 Å². The molecular formula is C50H49BrO5. The Kier molecular flexibility index (Phi) is 13.8. The van der Waals surface area contributed by atoms with Crippen LogP contribution in [0, 0.1) is 6.92 Å². The van der Waals surface area contributed by atoms with Crippen LogP contribution >= 0.6 is 15.9 Å². The van der Waals surface area contributed by atoms with Crippen molar-refractivity contribution in [2.75, 3.05) is 0 Å². The highest BCUT2D eigenvalue weighted by atomic mass is 79.9. The van der Waals surface area contributed by atoms with Crippen LogP contribution in [0.4, 0.5) is 0 Å². The van der Waals surface area contributed by atoms with Gasteiger partial charge in [0.05, 0.1) is 19.8 Å². The van der Waals surface area contributed by atoms with Crippen LogP contribution < -0.4 is 0 Å². The van der Waals surface area contributed by atoms with Gasteiger partial charge in [-0.2, -0.15) is 0 Å². The van der Waals surface area contributed by atoms with Crippen LogP contribution in [0.5, 0.6) is 0 Å². The normalized spacial score (nSPS) is 18.7. The molecule has 0 saturated carbocycles. The molecule has 0 aromatic heterocycles. The topological polar surface area (TPSA) is 46.2 Å². The third-order valence-corrected chi connectivity index (χ3v) is 10.9. The number of benzene rings is 6. The van der Waals surface area contributed by atoms with Crippen molar-refractivity contribution in [1.29, 1.82) is 0 Å². The third kappa shape index (κ3) is 10.4. The van der Waals surface area contributed by atoms with Gasteiger partial charge in [0.1, 0.15) is 31.2 Å². The van der Waals surface area contributed by atoms with Gasteiger partial charge in [-0.3, -0.25) is 0 Å². The lowest BCUT2D eigenvalue weighted by atomic mass is 9.88. The summed E-state index contributed by atoms with van der Waals surface area (Å²) >= 11 is 3.90. The van der Waals surface area contributed by atoms with Crippen molar-refractivity contribution in [3.05, 3.63) is 224 Å². The van der Waals surface area contributed by atoms with Crippen molar-refractivity contribution in [3.63, 3.8) is 0 Å². The Hall–Kier alpha value is -4.98. The van der Waals surface area contributed by atoms with Crippen molar-refractivity contribution in [2.24, 2.45) is 0 Å². The fraction of sp³-hybridized carbons (Fsp3) is 0.240. The molecule has 0 radical (unpaired) electrons. The predicted molar refractivity (Wildman–Crippen MR) is 226 cm³/mol. The number of hydrogen-bond donors (Lipinski definition) is 0. The molecule has 0 spiro atoms. The maximum atomic E-state index is 7.14. The fourth-order valence-electron chi connectivity index (χ4n) is 7.04. The molecule has 1 fully saturated rings. The van der Waals surface area contributed by atoms with Crippen molar-refractivity contribution in [1.82, 2.24) is 0 Å². The minimum Gasteiger partial charge on any atom is -0.493 e. The van der Waals surface area contributed by atoms with Gasteiger partial charge in [-0.25, -0.2) is 0 Å². The Morgan fingerprint density at radius 2 is 1.04 bits per heavy atom. The summed E-state index contributed by atoms with van der Waals surface area (Å²) in [6.45, 7) is 5.78. The number of aryl methyl sites for hydroxylation is 2. The molecular weight excluding hydrogens is 760 g/mol. The van der Waals surface area contributed by atoms with Gasteiger partial charge in [-0.15, -0.1) is 0 Å². The van der Waals surface area contributed by atoms with E-state index in [1.165, 1.54) is 11.1 Å². The van der Waals surface area contributed by atoms with Crippen LogP contribution in [0.15, 0.2) is 174 Å². The standard InChI is InChI=1S/C50H49BrO5/c1-3-37-24-26-38(27-25-37)29-43-30-44(36(2)28-45(43)51)47-49(54-33-41-20-12-6-13-21-41)50(55-34-42-22-14-7-15-23-42)48(53-32-40-18-10-5-11-19-40)46(56-47)35-52-31-39-16-8-4-9-17-39/h4-28,30,35,47-50H,3,29,31-34H2,1-2H3/b46-35+/t47-,48+,49-,50+/m0/s1. The lowest BCUT2D eigenvalue weighted by Crippen LogP contribution is -2.52. The Labute approximate surface area is 340 Å². The van der Waals surface area contributed by atoms with Crippen molar-refractivity contribution in [3.8, 4) is 0 Å². The first-order chi connectivity index (χ1) is 27.5. The Morgan fingerprint density at radius 1 is 0.554 bits per heavy atom. The van der Waals surface area contributed by atoms with Gasteiger partial charge in [0.2, 0.25) is 0 Å². The van der Waals surface area contributed by atoms with E-state index in [2.05, 4.69) is 103 Å². The molecule has 1 aliphatic heterocycles. The number of halogens is 1. The molecule has 4 atom stereocenters. The van der Waals surface area contributed by atoms with Crippen molar-refractivity contribution in [2.45, 2.75) is 77.5 Å². The molecule has 1 heterocycles. The molecule has 6 aromatic rings. The highest BCUT2D eigenvalue weighted by Gasteiger charge is 2.48. The second-order valence-electron chi connectivity index (χ2n) is 14.2. The smallest absolute Gasteiger partial charge is 0.163 e. The predicted octanol–water partition coefficient (Wildman–Crippen LogP) is 11.8. The van der Waals surface area contributed by atoms with Crippen LogP contribution in [-0.4, -0.2) is 18.3 Å². The molecule has 7 rings (SSSR count). The minimum atomic E-state index is -0.640. The molecule has 0 unspecified atom stereocenters. The van der Waals surface area contributed by atoms with Gasteiger partial charge in [0, 0.05) is 4.47 Å². The van der Waals surface area contributed by atoms with E-state index < -0.39 is 24.4 Å². The number of rotatable bonds is 16. The lowest BCUT2D eigenvalue weighted by Gasteiger charge is -2.44. The van der Waals surface area contributed by atoms with E-state index in [4.69, 9.17) is 23.7 Å². The first-order valence-electron chi connectivity index (χ1n) is 19.4. The van der Waals surface area contributed by atoms with Gasteiger partial charge >= 0.3 is 0 Å². The van der Waals surface area contributed by atoms with Gasteiger partial charge in [0.25, 0.3) is 0 Å². The third-order valence-electron chi connectivity index (χ3n) is 10.2. The molecule has 0 aliphatic carbocycles. The summed E-state index contributed by atoms with van der Waals surface area (Å²) in [5, 5.41) is 0. The molecule has 56 heavy (non-hydrogen) atoms. The maximum absolute atomic E-state index is 7.14. The van der Waals surface area contributed by atoms with Crippen LogP contribution in [0.3, 0.4) is 0 Å². The monoisotopic (exact) mass is 808 g/mol. The van der Waals surface area contributed by atoms with Gasteiger partial charge in [0.15, 0.2) is 11.9 Å². The summed E-state index contributed by atoms with van der Waals surface area (Å²) < 4.78 is 35.3. The minimum absolute atomic E-state index is 0.352. The SMILES string of the molecule is CCc1ccc(Cc2cc([C@@H]3O/C(=C/OCc4ccccc4)[C@@H](OCc4ccccc4)[C@@H](OCc4ccccc4)[C@H]3OCc3ccccc3)c(C)cc2Br)cc1. The summed E-state index contributed by atoms with van der Waals surface area (Å²) in [7, 11) is 0. The second-order valence-corrected chi connectivity index (χ2v) is 15.1. The number of ether oxygens (including phenoxy) is 5. The highest BCUT2D eigenvalue weighted by Crippen LogP contribution is 2.42.